The van der Waals surface area contributed by atoms with Gasteiger partial charge in [-0.3, -0.25) is 0 Å². The molecule has 2 nitrogen and oxygen atoms in total. The fraction of sp³-hybridized carbons (Fsp3) is 0. The SMILES string of the molecule is Br.Cl.O=C(O)c1ccccc1.[H-].[H-].[H-].[Na+].[Na+].[Na+]. The Morgan fingerprint density at radius 3 is 1.64 bits per heavy atom. The number of carbonyl (C=O) groups is 1. The van der Waals surface area contributed by atoms with Gasteiger partial charge >= 0.3 is 94.6 Å². The summed E-state index contributed by atoms with van der Waals surface area (Å²) in [5.41, 5.74) is 0.331. The fourth-order valence-electron chi connectivity index (χ4n) is 0.581. The Morgan fingerprint density at radius 1 is 1.07 bits per heavy atom. The number of benzene rings is 1. The van der Waals surface area contributed by atoms with Gasteiger partial charge in [0.2, 0.25) is 0 Å². The van der Waals surface area contributed by atoms with Crippen molar-refractivity contribution in [3.05, 3.63) is 35.9 Å². The molecule has 0 unspecified atom stereocenters. The zero-order valence-corrected chi connectivity index (χ0v) is 17.1. The summed E-state index contributed by atoms with van der Waals surface area (Å²) in [5.74, 6) is -0.879. The van der Waals surface area contributed by atoms with E-state index in [1.165, 1.54) is 0 Å². The topological polar surface area (TPSA) is 37.3 Å². The van der Waals surface area contributed by atoms with E-state index < -0.39 is 5.97 Å². The van der Waals surface area contributed by atoms with Crippen molar-refractivity contribution in [1.82, 2.24) is 0 Å². The third-order valence-electron chi connectivity index (χ3n) is 1.02. The average Bonchev–Trinajstić information content (AvgIpc) is 1.90. The molecular formula is C7H11BrClNa3O2. The molecule has 0 spiro atoms. The van der Waals surface area contributed by atoms with Crippen LogP contribution < -0.4 is 88.7 Å². The van der Waals surface area contributed by atoms with Gasteiger partial charge in [-0.2, -0.15) is 0 Å². The molecule has 0 aliphatic rings. The van der Waals surface area contributed by atoms with Crippen molar-refractivity contribution in [1.29, 1.82) is 0 Å². The minimum absolute atomic E-state index is 0. The Balaban J connectivity index is -0.0000000169. The smallest absolute Gasteiger partial charge is 1.00 e. The van der Waals surface area contributed by atoms with E-state index in [9.17, 15) is 4.79 Å². The third-order valence-corrected chi connectivity index (χ3v) is 1.02. The van der Waals surface area contributed by atoms with Crippen LogP contribution >= 0.6 is 29.4 Å². The average molecular weight is 311 g/mol. The molecule has 0 aliphatic carbocycles. The third kappa shape index (κ3) is 12.5. The monoisotopic (exact) mass is 310 g/mol. The number of rotatable bonds is 1. The van der Waals surface area contributed by atoms with Crippen LogP contribution in [-0.2, 0) is 0 Å². The van der Waals surface area contributed by atoms with Crippen molar-refractivity contribution in [3.8, 4) is 0 Å². The molecule has 0 amide bonds. The molecule has 0 heterocycles. The van der Waals surface area contributed by atoms with Crippen molar-refractivity contribution < 1.29 is 103 Å². The van der Waals surface area contributed by atoms with Gasteiger partial charge in [0.25, 0.3) is 0 Å². The quantitative estimate of drug-likeness (QED) is 0.524. The first-order valence-corrected chi connectivity index (χ1v) is 2.59. The van der Waals surface area contributed by atoms with E-state index in [1.54, 1.807) is 30.3 Å². The van der Waals surface area contributed by atoms with Crippen LogP contribution in [0.4, 0.5) is 0 Å². The normalized spacial score (nSPS) is 5.71. The molecule has 0 saturated heterocycles. The molecule has 0 aromatic heterocycles. The minimum Gasteiger partial charge on any atom is -1.00 e. The zero-order valence-electron chi connectivity index (χ0n) is 11.6. The van der Waals surface area contributed by atoms with Crippen LogP contribution in [0, 0.1) is 0 Å². The number of carboxylic acid groups (broad SMARTS) is 1. The zero-order chi connectivity index (χ0) is 6.69. The van der Waals surface area contributed by atoms with Gasteiger partial charge in [0.1, 0.15) is 0 Å². The van der Waals surface area contributed by atoms with Gasteiger partial charge in [-0.1, -0.05) is 18.2 Å². The van der Waals surface area contributed by atoms with Crippen LogP contribution in [0.15, 0.2) is 30.3 Å². The molecule has 0 aliphatic heterocycles. The summed E-state index contributed by atoms with van der Waals surface area (Å²) in [6.07, 6.45) is 0. The van der Waals surface area contributed by atoms with Gasteiger partial charge in [-0.25, -0.2) is 4.79 Å². The molecule has 0 radical (unpaired) electrons. The maximum Gasteiger partial charge on any atom is 1.00 e. The van der Waals surface area contributed by atoms with E-state index in [0.29, 0.717) is 5.56 Å². The Morgan fingerprint density at radius 2 is 1.43 bits per heavy atom. The van der Waals surface area contributed by atoms with Crippen molar-refractivity contribution in [3.63, 3.8) is 0 Å². The predicted molar refractivity (Wildman–Crippen MR) is 54.3 cm³/mol. The van der Waals surface area contributed by atoms with E-state index in [4.69, 9.17) is 5.11 Å². The maximum absolute atomic E-state index is 10.2. The second kappa shape index (κ2) is 17.8. The van der Waals surface area contributed by atoms with Crippen molar-refractivity contribution in [2.45, 2.75) is 0 Å². The number of hydrogen-bond donors (Lipinski definition) is 1. The van der Waals surface area contributed by atoms with Gasteiger partial charge in [0, 0.05) is 0 Å². The summed E-state index contributed by atoms with van der Waals surface area (Å²) in [4.78, 5) is 10.2. The van der Waals surface area contributed by atoms with Crippen LogP contribution in [0.1, 0.15) is 14.6 Å². The number of aromatic carboxylic acids is 1. The standard InChI is InChI=1S/C7H6O2.BrH.ClH.3Na.3H/c8-7(9)6-4-2-1-3-5-6;;;;;;;;/h1-5H,(H,8,9);2*1H;;;;;;/q;;;3*+1;3*-1. The summed E-state index contributed by atoms with van der Waals surface area (Å²) in [6, 6.07) is 8.30. The Bertz CT molecular complexity index is 235. The summed E-state index contributed by atoms with van der Waals surface area (Å²) < 4.78 is 0. The van der Waals surface area contributed by atoms with Crippen LogP contribution in [0.2, 0.25) is 0 Å². The minimum atomic E-state index is -0.879. The van der Waals surface area contributed by atoms with Gasteiger partial charge in [-0.05, 0) is 12.1 Å². The summed E-state index contributed by atoms with van der Waals surface area (Å²) >= 11 is 0. The van der Waals surface area contributed by atoms with E-state index >= 15 is 0 Å². The summed E-state index contributed by atoms with van der Waals surface area (Å²) in [5, 5.41) is 8.38. The van der Waals surface area contributed by atoms with Crippen LogP contribution in [-0.4, -0.2) is 11.1 Å². The van der Waals surface area contributed by atoms with Gasteiger partial charge in [-0.15, -0.1) is 29.4 Å². The van der Waals surface area contributed by atoms with Crippen LogP contribution in [0.25, 0.3) is 0 Å². The Labute approximate surface area is 171 Å². The number of halogens is 2. The first kappa shape index (κ1) is 30.0. The largest absolute Gasteiger partial charge is 1.00 e. The van der Waals surface area contributed by atoms with E-state index in [-0.39, 0.29) is 122 Å². The molecule has 0 bridgehead atoms. The van der Waals surface area contributed by atoms with Gasteiger partial charge in [0.05, 0.1) is 5.56 Å². The molecule has 1 aromatic rings. The molecule has 7 heteroatoms. The van der Waals surface area contributed by atoms with E-state index in [2.05, 4.69) is 0 Å². The molecule has 0 atom stereocenters. The fourth-order valence-corrected chi connectivity index (χ4v) is 0.581. The molecule has 1 aromatic carbocycles. The molecular weight excluding hydrogens is 300 g/mol. The van der Waals surface area contributed by atoms with Crippen LogP contribution in [0.3, 0.4) is 0 Å². The van der Waals surface area contributed by atoms with E-state index in [1.807, 2.05) is 0 Å². The molecule has 0 fully saturated rings. The molecule has 0 saturated carbocycles. The predicted octanol–water partition coefficient (Wildman–Crippen LogP) is -6.27. The maximum atomic E-state index is 10.2. The first-order chi connectivity index (χ1) is 4.30. The molecule has 1 rings (SSSR count). The number of hydrogen-bond acceptors (Lipinski definition) is 1. The van der Waals surface area contributed by atoms with Gasteiger partial charge < -0.3 is 9.39 Å². The summed E-state index contributed by atoms with van der Waals surface area (Å²) in [7, 11) is 0. The van der Waals surface area contributed by atoms with Crippen LogP contribution in [0.5, 0.6) is 0 Å². The molecule has 14 heavy (non-hydrogen) atoms. The van der Waals surface area contributed by atoms with Crippen molar-refractivity contribution >= 4 is 35.4 Å². The Hall–Kier alpha value is 2.46. The molecule has 68 valence electrons. The first-order valence-electron chi connectivity index (χ1n) is 2.59. The Kier molecular flexibility index (Phi) is 38.2. The molecule has 1 N–H and O–H groups in total. The van der Waals surface area contributed by atoms with Crippen molar-refractivity contribution in [2.75, 3.05) is 0 Å². The van der Waals surface area contributed by atoms with Crippen molar-refractivity contribution in [2.24, 2.45) is 0 Å². The van der Waals surface area contributed by atoms with Gasteiger partial charge in [0.15, 0.2) is 0 Å². The van der Waals surface area contributed by atoms with E-state index in [0.717, 1.165) is 0 Å². The summed E-state index contributed by atoms with van der Waals surface area (Å²) in [6.45, 7) is 0. The number of carboxylic acids is 1. The second-order valence-electron chi connectivity index (χ2n) is 1.67. The second-order valence-corrected chi connectivity index (χ2v) is 1.67.